The third kappa shape index (κ3) is 6.31. The lowest BCUT2D eigenvalue weighted by Gasteiger charge is -2.34. The van der Waals surface area contributed by atoms with Crippen LogP contribution in [0.2, 0.25) is 0 Å². The van der Waals surface area contributed by atoms with Gasteiger partial charge in [0, 0.05) is 0 Å². The molecular weight excluding hydrogens is 264 g/mol. The van der Waals surface area contributed by atoms with Crippen molar-refractivity contribution in [2.75, 3.05) is 0 Å². The Morgan fingerprint density at radius 2 is 1.50 bits per heavy atom. The van der Waals surface area contributed by atoms with Gasteiger partial charge >= 0.3 is 0 Å². The Morgan fingerprint density at radius 1 is 0.955 bits per heavy atom. The first kappa shape index (κ1) is 21.5. The minimum atomic E-state index is 0.390. The molecule has 0 aliphatic carbocycles. The highest BCUT2D eigenvalue weighted by Gasteiger charge is 2.28. The quantitative estimate of drug-likeness (QED) is 0.369. The highest BCUT2D eigenvalue weighted by Crippen LogP contribution is 2.37. The first-order valence-corrected chi connectivity index (χ1v) is 9.37. The molecule has 0 aromatic rings. The Hall–Kier alpha value is -0.520. The maximum atomic E-state index is 4.04. The van der Waals surface area contributed by atoms with Gasteiger partial charge in [0.05, 0.1) is 0 Å². The zero-order chi connectivity index (χ0) is 17.5. The summed E-state index contributed by atoms with van der Waals surface area (Å²) in [5.41, 5.74) is 0.390. The van der Waals surface area contributed by atoms with Crippen molar-refractivity contribution in [1.29, 1.82) is 0 Å². The molecule has 0 aromatic heterocycles. The van der Waals surface area contributed by atoms with Crippen molar-refractivity contribution in [1.82, 2.24) is 0 Å². The molecule has 0 N–H and O–H groups in total. The molecule has 0 saturated heterocycles. The minimum absolute atomic E-state index is 0.390. The summed E-state index contributed by atoms with van der Waals surface area (Å²) in [6.07, 6.45) is 9.52. The van der Waals surface area contributed by atoms with Crippen molar-refractivity contribution in [3.8, 4) is 0 Å². The van der Waals surface area contributed by atoms with Crippen LogP contribution in [0.25, 0.3) is 0 Å². The monoisotopic (exact) mass is 306 g/mol. The van der Waals surface area contributed by atoms with Gasteiger partial charge in [-0.15, -0.1) is 6.58 Å². The van der Waals surface area contributed by atoms with Gasteiger partial charge in [0.1, 0.15) is 0 Å². The van der Waals surface area contributed by atoms with Crippen LogP contribution in [-0.4, -0.2) is 0 Å². The molecule has 0 amide bonds. The van der Waals surface area contributed by atoms with E-state index < -0.39 is 0 Å². The first-order chi connectivity index (χ1) is 10.1. The number of hydrogen-bond acceptors (Lipinski definition) is 0. The second-order valence-corrected chi connectivity index (χ2v) is 8.67. The molecule has 0 rings (SSSR count). The predicted molar refractivity (Wildman–Crippen MR) is 103 cm³/mol. The summed E-state index contributed by atoms with van der Waals surface area (Å²) in [4.78, 5) is 0. The van der Waals surface area contributed by atoms with Gasteiger partial charge in [0.25, 0.3) is 0 Å². The van der Waals surface area contributed by atoms with Gasteiger partial charge in [-0.25, -0.2) is 0 Å². The van der Waals surface area contributed by atoms with Gasteiger partial charge in [-0.3, -0.25) is 0 Å². The van der Waals surface area contributed by atoms with Gasteiger partial charge in [0.15, 0.2) is 0 Å². The normalized spacial score (nSPS) is 18.7. The fraction of sp³-hybridized carbons (Fsp3) is 0.818. The van der Waals surface area contributed by atoms with E-state index in [0.717, 1.165) is 0 Å². The van der Waals surface area contributed by atoms with Crippen LogP contribution in [0.3, 0.4) is 0 Å². The van der Waals surface area contributed by atoms with Crippen LogP contribution in [0.1, 0.15) is 75.2 Å². The highest BCUT2D eigenvalue weighted by atomic mass is 14.3. The molecule has 0 aliphatic heterocycles. The SMILES string of the molecule is C=CC(C(C)C)C(C)C(C)CC=CC(C(C)C)C(C)(C)CC. The third-order valence-electron chi connectivity index (χ3n) is 5.93. The van der Waals surface area contributed by atoms with Crippen LogP contribution in [-0.2, 0) is 0 Å². The summed E-state index contributed by atoms with van der Waals surface area (Å²) in [5.74, 6) is 4.08. The van der Waals surface area contributed by atoms with Crippen LogP contribution < -0.4 is 0 Å². The summed E-state index contributed by atoms with van der Waals surface area (Å²) in [6.45, 7) is 25.3. The third-order valence-corrected chi connectivity index (χ3v) is 5.93. The van der Waals surface area contributed by atoms with Crippen LogP contribution in [0.4, 0.5) is 0 Å². The minimum Gasteiger partial charge on any atom is -0.103 e. The number of allylic oxidation sites excluding steroid dienone is 3. The zero-order valence-electron chi connectivity index (χ0n) is 16.8. The topological polar surface area (TPSA) is 0 Å². The van der Waals surface area contributed by atoms with Gasteiger partial charge in [0.2, 0.25) is 0 Å². The summed E-state index contributed by atoms with van der Waals surface area (Å²) < 4.78 is 0. The molecule has 0 aliphatic rings. The fourth-order valence-corrected chi connectivity index (χ4v) is 3.75. The molecule has 0 bridgehead atoms. The van der Waals surface area contributed by atoms with Gasteiger partial charge in [-0.1, -0.05) is 87.0 Å². The molecule has 0 radical (unpaired) electrons. The van der Waals surface area contributed by atoms with Crippen molar-refractivity contribution in [3.05, 3.63) is 24.8 Å². The molecule has 0 nitrogen and oxygen atoms in total. The molecule has 0 heteroatoms. The lowest BCUT2D eigenvalue weighted by molar-refractivity contribution is 0.195. The molecule has 0 spiro atoms. The Morgan fingerprint density at radius 3 is 1.86 bits per heavy atom. The largest absolute Gasteiger partial charge is 0.103 e. The predicted octanol–water partition coefficient (Wildman–Crippen LogP) is 7.37. The smallest absolute Gasteiger partial charge is 0.0159 e. The Bertz CT molecular complexity index is 332. The second kappa shape index (κ2) is 9.58. The van der Waals surface area contributed by atoms with E-state index in [4.69, 9.17) is 0 Å². The fourth-order valence-electron chi connectivity index (χ4n) is 3.75. The molecular formula is C22H42. The average molecular weight is 307 g/mol. The first-order valence-electron chi connectivity index (χ1n) is 9.37. The van der Waals surface area contributed by atoms with Gasteiger partial charge in [-0.2, -0.15) is 0 Å². The van der Waals surface area contributed by atoms with E-state index in [0.29, 0.717) is 40.9 Å². The van der Waals surface area contributed by atoms with E-state index in [1.54, 1.807) is 0 Å². The number of hydrogen-bond donors (Lipinski definition) is 0. The van der Waals surface area contributed by atoms with Crippen LogP contribution in [0.15, 0.2) is 24.8 Å². The average Bonchev–Trinajstić information content (AvgIpc) is 2.42. The van der Waals surface area contributed by atoms with Crippen molar-refractivity contribution in [3.63, 3.8) is 0 Å². The maximum absolute atomic E-state index is 4.04. The van der Waals surface area contributed by atoms with E-state index in [1.165, 1.54) is 12.8 Å². The zero-order valence-corrected chi connectivity index (χ0v) is 16.8. The van der Waals surface area contributed by atoms with Crippen molar-refractivity contribution in [2.45, 2.75) is 75.2 Å². The van der Waals surface area contributed by atoms with Crippen molar-refractivity contribution >= 4 is 0 Å². The summed E-state index contributed by atoms with van der Waals surface area (Å²) in [5, 5.41) is 0. The molecule has 4 unspecified atom stereocenters. The van der Waals surface area contributed by atoms with Gasteiger partial charge < -0.3 is 0 Å². The molecule has 0 heterocycles. The van der Waals surface area contributed by atoms with E-state index in [2.05, 4.69) is 87.1 Å². The van der Waals surface area contributed by atoms with E-state index >= 15 is 0 Å². The highest BCUT2D eigenvalue weighted by molar-refractivity contribution is 4.98. The summed E-state index contributed by atoms with van der Waals surface area (Å²) in [7, 11) is 0. The van der Waals surface area contributed by atoms with E-state index in [1.807, 2.05) is 0 Å². The molecule has 4 atom stereocenters. The molecule has 0 aromatic carbocycles. The lowest BCUT2D eigenvalue weighted by Crippen LogP contribution is -2.26. The molecule has 0 fully saturated rings. The molecule has 22 heavy (non-hydrogen) atoms. The second-order valence-electron chi connectivity index (χ2n) is 8.67. The maximum Gasteiger partial charge on any atom is -0.0159 e. The van der Waals surface area contributed by atoms with E-state index in [9.17, 15) is 0 Å². The number of rotatable bonds is 10. The van der Waals surface area contributed by atoms with Crippen LogP contribution in [0.5, 0.6) is 0 Å². The Kier molecular flexibility index (Phi) is 9.35. The van der Waals surface area contributed by atoms with Crippen molar-refractivity contribution < 1.29 is 0 Å². The van der Waals surface area contributed by atoms with Gasteiger partial charge in [-0.05, 0) is 47.3 Å². The summed E-state index contributed by atoms with van der Waals surface area (Å²) >= 11 is 0. The Labute approximate surface area is 141 Å². The van der Waals surface area contributed by atoms with Crippen molar-refractivity contribution in [2.24, 2.45) is 40.9 Å². The molecule has 130 valence electrons. The Balaban J connectivity index is 4.79. The van der Waals surface area contributed by atoms with Crippen LogP contribution in [0, 0.1) is 40.9 Å². The van der Waals surface area contributed by atoms with E-state index in [-0.39, 0.29) is 0 Å². The molecule has 0 saturated carbocycles. The standard InChI is InChI=1S/C22H42/c1-11-20(16(3)4)19(8)18(7)14-13-15-21(17(5)6)22(9,10)12-2/h11,13,15-21H,1,12,14H2,2-10H3. The summed E-state index contributed by atoms with van der Waals surface area (Å²) in [6, 6.07) is 0. The lowest BCUT2D eigenvalue weighted by atomic mass is 9.71. The van der Waals surface area contributed by atoms with Crippen LogP contribution >= 0.6 is 0 Å².